The van der Waals surface area contributed by atoms with Gasteiger partial charge in [-0.2, -0.15) is 0 Å². The van der Waals surface area contributed by atoms with Crippen LogP contribution in [0, 0.1) is 11.6 Å². The van der Waals surface area contributed by atoms with Gasteiger partial charge in [0.05, 0.1) is 4.90 Å². The summed E-state index contributed by atoms with van der Waals surface area (Å²) in [5, 5.41) is 10.9. The largest absolute Gasteiger partial charge is 0.398 e. The summed E-state index contributed by atoms with van der Waals surface area (Å²) in [4.78, 5) is -0.0158. The fourth-order valence-electron chi connectivity index (χ4n) is 1.05. The van der Waals surface area contributed by atoms with E-state index in [4.69, 9.17) is 5.73 Å². The number of nitrogens with zero attached hydrogens (tertiary/aromatic N) is 4. The number of hydrogen-bond acceptors (Lipinski definition) is 5. The molecule has 0 radical (unpaired) electrons. The van der Waals surface area contributed by atoms with Crippen LogP contribution < -0.4 is 5.73 Å². The van der Waals surface area contributed by atoms with Crippen LogP contribution in [0.1, 0.15) is 0 Å². The molecule has 0 spiro atoms. The van der Waals surface area contributed by atoms with Crippen LogP contribution >= 0.6 is 11.8 Å². The van der Waals surface area contributed by atoms with E-state index in [-0.39, 0.29) is 10.6 Å². The number of anilines is 1. The minimum atomic E-state index is -0.993. The SMILES string of the molecule is Cn1nnnc1Sc1c(N)ccc(F)c1F. The van der Waals surface area contributed by atoms with Gasteiger partial charge in [-0.1, -0.05) is 0 Å². The molecule has 2 rings (SSSR count). The predicted octanol–water partition coefficient (Wildman–Crippen LogP) is 1.22. The van der Waals surface area contributed by atoms with Crippen LogP contribution in [0.2, 0.25) is 0 Å². The molecule has 84 valence electrons. The van der Waals surface area contributed by atoms with Crippen LogP contribution in [-0.4, -0.2) is 20.2 Å². The second-order valence-corrected chi connectivity index (χ2v) is 3.94. The van der Waals surface area contributed by atoms with E-state index in [2.05, 4.69) is 15.5 Å². The lowest BCUT2D eigenvalue weighted by molar-refractivity contribution is 0.492. The maximum atomic E-state index is 13.4. The highest BCUT2D eigenvalue weighted by Crippen LogP contribution is 2.33. The molecular formula is C8H7F2N5S. The molecule has 0 unspecified atom stereocenters. The first-order chi connectivity index (χ1) is 7.59. The van der Waals surface area contributed by atoms with Gasteiger partial charge in [0.1, 0.15) is 0 Å². The van der Waals surface area contributed by atoms with Crippen LogP contribution in [0.15, 0.2) is 22.2 Å². The van der Waals surface area contributed by atoms with E-state index in [1.807, 2.05) is 0 Å². The monoisotopic (exact) mass is 243 g/mol. The summed E-state index contributed by atoms with van der Waals surface area (Å²) in [6.07, 6.45) is 0. The minimum absolute atomic E-state index is 0.0158. The number of nitrogen functional groups attached to an aromatic ring is 1. The minimum Gasteiger partial charge on any atom is -0.398 e. The number of benzene rings is 1. The second-order valence-electron chi connectivity index (χ2n) is 2.97. The third-order valence-electron chi connectivity index (χ3n) is 1.86. The lowest BCUT2D eigenvalue weighted by Gasteiger charge is -2.05. The Morgan fingerprint density at radius 3 is 2.75 bits per heavy atom. The van der Waals surface area contributed by atoms with Crippen molar-refractivity contribution in [2.45, 2.75) is 10.1 Å². The Labute approximate surface area is 93.6 Å². The average Bonchev–Trinajstić information content (AvgIpc) is 2.65. The van der Waals surface area contributed by atoms with Crippen LogP contribution in [0.4, 0.5) is 14.5 Å². The predicted molar refractivity (Wildman–Crippen MR) is 53.7 cm³/mol. The molecule has 0 aliphatic rings. The molecule has 1 aromatic heterocycles. The zero-order chi connectivity index (χ0) is 11.7. The fraction of sp³-hybridized carbons (Fsp3) is 0.125. The number of tetrazole rings is 1. The van der Waals surface area contributed by atoms with E-state index in [0.717, 1.165) is 17.8 Å². The molecule has 0 saturated carbocycles. The van der Waals surface area contributed by atoms with Crippen molar-refractivity contribution in [2.75, 3.05) is 5.73 Å². The van der Waals surface area contributed by atoms with Gasteiger partial charge in [-0.05, 0) is 34.3 Å². The van der Waals surface area contributed by atoms with E-state index in [1.54, 1.807) is 7.05 Å². The van der Waals surface area contributed by atoms with Gasteiger partial charge in [-0.3, -0.25) is 0 Å². The zero-order valence-electron chi connectivity index (χ0n) is 8.19. The van der Waals surface area contributed by atoms with Gasteiger partial charge in [-0.25, -0.2) is 13.5 Å². The van der Waals surface area contributed by atoms with Gasteiger partial charge < -0.3 is 5.73 Å². The summed E-state index contributed by atoms with van der Waals surface area (Å²) >= 11 is 0.875. The van der Waals surface area contributed by atoms with Gasteiger partial charge in [0.2, 0.25) is 5.16 Å². The first-order valence-electron chi connectivity index (χ1n) is 4.23. The third kappa shape index (κ3) is 1.83. The van der Waals surface area contributed by atoms with E-state index < -0.39 is 11.6 Å². The molecule has 16 heavy (non-hydrogen) atoms. The zero-order valence-corrected chi connectivity index (χ0v) is 9.00. The maximum absolute atomic E-state index is 13.4. The van der Waals surface area contributed by atoms with Crippen molar-refractivity contribution in [3.05, 3.63) is 23.8 Å². The summed E-state index contributed by atoms with van der Waals surface area (Å²) in [6, 6.07) is 2.27. The van der Waals surface area contributed by atoms with E-state index >= 15 is 0 Å². The molecule has 0 amide bonds. The Morgan fingerprint density at radius 1 is 1.38 bits per heavy atom. The highest BCUT2D eigenvalue weighted by Gasteiger charge is 2.15. The number of aryl methyl sites for hydroxylation is 1. The summed E-state index contributed by atoms with van der Waals surface area (Å²) in [5.74, 6) is -1.94. The molecule has 8 heteroatoms. The Bertz CT molecular complexity index is 527. The summed E-state index contributed by atoms with van der Waals surface area (Å²) in [5.41, 5.74) is 5.70. The summed E-state index contributed by atoms with van der Waals surface area (Å²) < 4.78 is 27.8. The van der Waals surface area contributed by atoms with E-state index in [0.29, 0.717) is 5.16 Å². The van der Waals surface area contributed by atoms with E-state index in [9.17, 15) is 8.78 Å². The Hall–Kier alpha value is -1.70. The molecule has 0 bridgehead atoms. The van der Waals surface area contributed by atoms with Crippen molar-refractivity contribution >= 4 is 17.4 Å². The molecule has 0 atom stereocenters. The quantitative estimate of drug-likeness (QED) is 0.803. The van der Waals surface area contributed by atoms with Crippen LogP contribution in [0.3, 0.4) is 0 Å². The van der Waals surface area contributed by atoms with Crippen molar-refractivity contribution in [1.29, 1.82) is 0 Å². The van der Waals surface area contributed by atoms with Crippen LogP contribution in [0.25, 0.3) is 0 Å². The molecule has 5 nitrogen and oxygen atoms in total. The second kappa shape index (κ2) is 4.05. The first-order valence-corrected chi connectivity index (χ1v) is 5.05. The molecule has 0 aliphatic heterocycles. The standard InChI is InChI=1S/C8H7F2N5S/c1-15-8(12-13-14-15)16-7-5(11)3-2-4(9)6(7)10/h2-3H,11H2,1H3. The van der Waals surface area contributed by atoms with Crippen molar-refractivity contribution < 1.29 is 8.78 Å². The Balaban J connectivity index is 2.42. The van der Waals surface area contributed by atoms with Crippen molar-refractivity contribution in [1.82, 2.24) is 20.2 Å². The highest BCUT2D eigenvalue weighted by molar-refractivity contribution is 7.99. The van der Waals surface area contributed by atoms with Gasteiger partial charge in [0.25, 0.3) is 0 Å². The Morgan fingerprint density at radius 2 is 2.12 bits per heavy atom. The normalized spacial score (nSPS) is 10.7. The Kier molecular flexibility index (Phi) is 2.73. The maximum Gasteiger partial charge on any atom is 0.214 e. The smallest absolute Gasteiger partial charge is 0.214 e. The lowest BCUT2D eigenvalue weighted by Crippen LogP contribution is -1.98. The molecule has 2 aromatic rings. The third-order valence-corrected chi connectivity index (χ3v) is 3.00. The van der Waals surface area contributed by atoms with E-state index in [1.165, 1.54) is 10.7 Å². The molecule has 1 aromatic carbocycles. The molecule has 2 N–H and O–H groups in total. The summed E-state index contributed by atoms with van der Waals surface area (Å²) in [7, 11) is 1.59. The van der Waals surface area contributed by atoms with Gasteiger partial charge in [-0.15, -0.1) is 5.10 Å². The molecule has 0 saturated heterocycles. The number of halogens is 2. The summed E-state index contributed by atoms with van der Waals surface area (Å²) in [6.45, 7) is 0. The van der Waals surface area contributed by atoms with Crippen molar-refractivity contribution in [3.8, 4) is 0 Å². The molecule has 1 heterocycles. The van der Waals surface area contributed by atoms with Gasteiger partial charge in [0.15, 0.2) is 11.6 Å². The first kappa shape index (κ1) is 10.8. The van der Waals surface area contributed by atoms with Gasteiger partial charge in [0, 0.05) is 12.7 Å². The number of rotatable bonds is 2. The van der Waals surface area contributed by atoms with Gasteiger partial charge >= 0.3 is 0 Å². The van der Waals surface area contributed by atoms with Crippen LogP contribution in [0.5, 0.6) is 0 Å². The topological polar surface area (TPSA) is 69.6 Å². The highest BCUT2D eigenvalue weighted by atomic mass is 32.2. The fourth-order valence-corrected chi connectivity index (χ4v) is 1.85. The average molecular weight is 243 g/mol. The van der Waals surface area contributed by atoms with Crippen molar-refractivity contribution in [3.63, 3.8) is 0 Å². The molecular weight excluding hydrogens is 236 g/mol. The molecule has 0 aliphatic carbocycles. The lowest BCUT2D eigenvalue weighted by atomic mass is 10.3. The number of hydrogen-bond donors (Lipinski definition) is 1. The number of nitrogens with two attached hydrogens (primary N) is 1. The van der Waals surface area contributed by atoms with Crippen molar-refractivity contribution in [2.24, 2.45) is 7.05 Å². The molecule has 0 fully saturated rings. The van der Waals surface area contributed by atoms with Crippen LogP contribution in [-0.2, 0) is 7.05 Å². The number of aromatic nitrogens is 4.